The number of anilines is 3. The molecule has 0 unspecified atom stereocenters. The van der Waals surface area contributed by atoms with E-state index in [9.17, 15) is 14.0 Å². The average molecular weight is 431 g/mol. The highest BCUT2D eigenvalue weighted by Gasteiger charge is 2.42. The molecule has 3 aromatic carbocycles. The average Bonchev–Trinajstić information content (AvgIpc) is 3.03. The van der Waals surface area contributed by atoms with Crippen LogP contribution >= 0.6 is 0 Å². The molecular formula is C25H22FN3O3. The summed E-state index contributed by atoms with van der Waals surface area (Å²) < 4.78 is 19.9. The third-order valence-electron chi connectivity index (χ3n) is 5.21. The molecule has 1 N–H and O–H groups in total. The summed E-state index contributed by atoms with van der Waals surface area (Å²) in [5, 5.41) is 3.08. The fourth-order valence-corrected chi connectivity index (χ4v) is 3.59. The van der Waals surface area contributed by atoms with Crippen molar-refractivity contribution in [3.05, 3.63) is 89.9 Å². The number of halogens is 1. The number of para-hydroxylation sites is 2. The molecule has 2 amide bonds. The van der Waals surface area contributed by atoms with Crippen LogP contribution in [0.4, 0.5) is 21.5 Å². The minimum absolute atomic E-state index is 0.0559. The van der Waals surface area contributed by atoms with E-state index in [1.165, 1.54) is 25.3 Å². The van der Waals surface area contributed by atoms with Gasteiger partial charge in [0.15, 0.2) is 0 Å². The molecule has 0 saturated heterocycles. The summed E-state index contributed by atoms with van der Waals surface area (Å²) in [7, 11) is 5.34. The van der Waals surface area contributed by atoms with E-state index in [2.05, 4.69) is 5.32 Å². The van der Waals surface area contributed by atoms with Gasteiger partial charge in [-0.05, 0) is 42.5 Å². The van der Waals surface area contributed by atoms with Crippen molar-refractivity contribution in [3.8, 4) is 5.75 Å². The second-order valence-electron chi connectivity index (χ2n) is 7.41. The first kappa shape index (κ1) is 21.1. The maximum atomic E-state index is 14.5. The van der Waals surface area contributed by atoms with E-state index < -0.39 is 17.6 Å². The summed E-state index contributed by atoms with van der Waals surface area (Å²) in [4.78, 5) is 29.7. The van der Waals surface area contributed by atoms with Crippen LogP contribution in [0, 0.1) is 5.82 Å². The Morgan fingerprint density at radius 1 is 0.875 bits per heavy atom. The van der Waals surface area contributed by atoms with Crippen LogP contribution in [-0.4, -0.2) is 33.0 Å². The smallest absolute Gasteiger partial charge is 0.282 e. The lowest BCUT2D eigenvalue weighted by Gasteiger charge is -2.16. The first-order valence-electron chi connectivity index (χ1n) is 9.97. The molecule has 0 aliphatic carbocycles. The molecule has 1 heterocycles. The molecule has 6 nitrogen and oxygen atoms in total. The van der Waals surface area contributed by atoms with Crippen LogP contribution in [0.1, 0.15) is 5.56 Å². The highest BCUT2D eigenvalue weighted by Crippen LogP contribution is 2.38. The lowest BCUT2D eigenvalue weighted by molar-refractivity contribution is -0.120. The molecule has 3 aromatic rings. The molecule has 32 heavy (non-hydrogen) atoms. The summed E-state index contributed by atoms with van der Waals surface area (Å²) in [5.41, 5.74) is 2.12. The van der Waals surface area contributed by atoms with Gasteiger partial charge in [-0.15, -0.1) is 0 Å². The molecule has 162 valence electrons. The van der Waals surface area contributed by atoms with Crippen LogP contribution in [0.2, 0.25) is 0 Å². The fourth-order valence-electron chi connectivity index (χ4n) is 3.59. The van der Waals surface area contributed by atoms with Gasteiger partial charge in [0.25, 0.3) is 11.8 Å². The number of methoxy groups -OCH3 is 1. The molecule has 0 saturated carbocycles. The van der Waals surface area contributed by atoms with E-state index in [-0.39, 0.29) is 17.0 Å². The summed E-state index contributed by atoms with van der Waals surface area (Å²) in [5.74, 6) is -1.50. The van der Waals surface area contributed by atoms with Gasteiger partial charge in [-0.25, -0.2) is 9.29 Å². The maximum absolute atomic E-state index is 14.5. The number of benzene rings is 3. The van der Waals surface area contributed by atoms with E-state index in [4.69, 9.17) is 4.74 Å². The molecular weight excluding hydrogens is 409 g/mol. The highest BCUT2D eigenvalue weighted by molar-refractivity contribution is 6.46. The fraction of sp³-hybridized carbons (Fsp3) is 0.120. The van der Waals surface area contributed by atoms with Crippen LogP contribution in [0.25, 0.3) is 5.57 Å². The Morgan fingerprint density at radius 2 is 1.53 bits per heavy atom. The summed E-state index contributed by atoms with van der Waals surface area (Å²) in [6.45, 7) is 0. The third kappa shape index (κ3) is 3.69. The number of carbonyl (C=O) groups excluding carboxylic acids is 2. The second kappa shape index (κ2) is 8.55. The van der Waals surface area contributed by atoms with Gasteiger partial charge in [-0.1, -0.05) is 30.3 Å². The predicted octanol–water partition coefficient (Wildman–Crippen LogP) is 4.30. The summed E-state index contributed by atoms with van der Waals surface area (Å²) >= 11 is 0. The maximum Gasteiger partial charge on any atom is 0.282 e. The van der Waals surface area contributed by atoms with Gasteiger partial charge in [-0.2, -0.15) is 0 Å². The van der Waals surface area contributed by atoms with Crippen LogP contribution in [0.5, 0.6) is 5.75 Å². The number of hydrogen-bond acceptors (Lipinski definition) is 5. The van der Waals surface area contributed by atoms with Gasteiger partial charge in [-0.3, -0.25) is 9.59 Å². The highest BCUT2D eigenvalue weighted by atomic mass is 19.1. The molecule has 1 aliphatic rings. The van der Waals surface area contributed by atoms with Gasteiger partial charge in [0.05, 0.1) is 18.4 Å². The van der Waals surface area contributed by atoms with Crippen LogP contribution < -0.4 is 19.9 Å². The van der Waals surface area contributed by atoms with Gasteiger partial charge >= 0.3 is 0 Å². The van der Waals surface area contributed by atoms with Crippen LogP contribution in [0.3, 0.4) is 0 Å². The molecule has 7 heteroatoms. The normalized spacial score (nSPS) is 13.6. The number of hydrogen-bond donors (Lipinski definition) is 1. The van der Waals surface area contributed by atoms with Crippen molar-refractivity contribution < 1.29 is 18.7 Å². The zero-order valence-corrected chi connectivity index (χ0v) is 17.9. The van der Waals surface area contributed by atoms with Gasteiger partial charge in [0.2, 0.25) is 0 Å². The number of imide groups is 1. The lowest BCUT2D eigenvalue weighted by atomic mass is 10.0. The predicted molar refractivity (Wildman–Crippen MR) is 123 cm³/mol. The third-order valence-corrected chi connectivity index (χ3v) is 5.21. The van der Waals surface area contributed by atoms with Gasteiger partial charge < -0.3 is 15.0 Å². The van der Waals surface area contributed by atoms with E-state index in [0.717, 1.165) is 10.6 Å². The molecule has 0 fully saturated rings. The number of ether oxygens (including phenoxy) is 1. The van der Waals surface area contributed by atoms with Crippen LogP contribution in [-0.2, 0) is 9.59 Å². The van der Waals surface area contributed by atoms with Crippen molar-refractivity contribution in [3.63, 3.8) is 0 Å². The number of carbonyl (C=O) groups is 2. The lowest BCUT2D eigenvalue weighted by Crippen LogP contribution is -2.33. The second-order valence-corrected chi connectivity index (χ2v) is 7.41. The van der Waals surface area contributed by atoms with Crippen molar-refractivity contribution >= 4 is 34.4 Å². The molecule has 4 rings (SSSR count). The van der Waals surface area contributed by atoms with Crippen molar-refractivity contribution in [2.45, 2.75) is 0 Å². The monoisotopic (exact) mass is 431 g/mol. The molecule has 0 bridgehead atoms. The van der Waals surface area contributed by atoms with Crippen molar-refractivity contribution in [2.75, 3.05) is 36.3 Å². The van der Waals surface area contributed by atoms with Crippen molar-refractivity contribution in [1.29, 1.82) is 0 Å². The molecule has 0 atom stereocenters. The Morgan fingerprint density at radius 3 is 2.19 bits per heavy atom. The van der Waals surface area contributed by atoms with Crippen molar-refractivity contribution in [1.82, 2.24) is 0 Å². The number of nitrogens with one attached hydrogen (secondary N) is 1. The quantitative estimate of drug-likeness (QED) is 0.590. The largest absolute Gasteiger partial charge is 0.496 e. The number of amides is 2. The SMILES string of the molecule is COc1ccccc1C1=C(Nc2ccc(N(C)C)cc2)C(=O)N(c2ccccc2F)C1=O. The number of nitrogens with zero attached hydrogens (tertiary/aromatic N) is 2. The zero-order valence-electron chi connectivity index (χ0n) is 17.9. The zero-order chi connectivity index (χ0) is 22.8. The number of rotatable bonds is 6. The Kier molecular flexibility index (Phi) is 5.64. The van der Waals surface area contributed by atoms with E-state index >= 15 is 0 Å². The van der Waals surface area contributed by atoms with E-state index in [1.54, 1.807) is 30.3 Å². The Labute approximate surface area is 185 Å². The van der Waals surface area contributed by atoms with E-state index in [1.807, 2.05) is 43.3 Å². The Balaban J connectivity index is 1.84. The Hall–Kier alpha value is -4.13. The first-order valence-corrected chi connectivity index (χ1v) is 9.97. The van der Waals surface area contributed by atoms with Crippen LogP contribution in [0.15, 0.2) is 78.5 Å². The van der Waals surface area contributed by atoms with Gasteiger partial charge in [0, 0.05) is 31.0 Å². The minimum atomic E-state index is -0.662. The minimum Gasteiger partial charge on any atom is -0.496 e. The molecule has 0 spiro atoms. The summed E-state index contributed by atoms with van der Waals surface area (Å²) in [6, 6.07) is 20.0. The van der Waals surface area contributed by atoms with Crippen molar-refractivity contribution in [2.24, 2.45) is 0 Å². The molecule has 0 aromatic heterocycles. The molecule has 0 radical (unpaired) electrons. The Bertz CT molecular complexity index is 1220. The topological polar surface area (TPSA) is 61.9 Å². The first-order chi connectivity index (χ1) is 15.4. The van der Waals surface area contributed by atoms with E-state index in [0.29, 0.717) is 17.0 Å². The molecule has 1 aliphatic heterocycles. The summed E-state index contributed by atoms with van der Waals surface area (Å²) in [6.07, 6.45) is 0. The standard InChI is InChI=1S/C25H22FN3O3/c1-28(2)17-14-12-16(13-15-17)27-23-22(18-8-4-7-11-21(18)32-3)24(30)29(25(23)31)20-10-6-5-9-19(20)26/h4-15,27H,1-3H3. The van der Waals surface area contributed by atoms with Gasteiger partial charge in [0.1, 0.15) is 17.3 Å².